The topological polar surface area (TPSA) is 59.6 Å². The Kier molecular flexibility index (Phi) is 10.6. The summed E-state index contributed by atoms with van der Waals surface area (Å²) < 4.78 is 10.6. The van der Waals surface area contributed by atoms with Crippen LogP contribution in [0.15, 0.2) is 24.3 Å². The van der Waals surface area contributed by atoms with Crippen LogP contribution in [-0.4, -0.2) is 44.9 Å². The fourth-order valence-corrected chi connectivity index (χ4v) is 1.69. The van der Waals surface area contributed by atoms with E-state index in [9.17, 15) is 4.79 Å². The fraction of sp³-hybridized carbons (Fsp3) is 0.562. The van der Waals surface area contributed by atoms with Crippen LogP contribution in [0, 0.1) is 6.92 Å². The van der Waals surface area contributed by atoms with Crippen LogP contribution in [0.5, 0.6) is 5.75 Å². The van der Waals surface area contributed by atoms with E-state index in [0.717, 1.165) is 37.6 Å². The molecule has 0 spiro atoms. The zero-order valence-electron chi connectivity index (χ0n) is 13.6. The number of carbonyl (C=O) groups is 1. The summed E-state index contributed by atoms with van der Waals surface area (Å²) in [6, 6.07) is 7.82. The molecule has 1 aromatic carbocycles. The van der Waals surface area contributed by atoms with E-state index in [4.69, 9.17) is 9.47 Å². The molecule has 1 saturated heterocycles. The summed E-state index contributed by atoms with van der Waals surface area (Å²) >= 11 is 0. The number of hydrogen-bond acceptors (Lipinski definition) is 4. The largest absolute Gasteiger partial charge is 0.491 e. The molecule has 0 unspecified atom stereocenters. The highest BCUT2D eigenvalue weighted by Gasteiger charge is 2.17. The molecule has 0 saturated carbocycles. The number of amides is 1. The number of aryl methyl sites for hydroxylation is 1. The minimum absolute atomic E-state index is 0. The lowest BCUT2D eigenvalue weighted by molar-refractivity contribution is -0.111. The van der Waals surface area contributed by atoms with E-state index in [-0.39, 0.29) is 17.9 Å². The van der Waals surface area contributed by atoms with E-state index in [1.807, 2.05) is 45.0 Å². The first kappa shape index (κ1) is 20.7. The molecule has 0 bridgehead atoms. The lowest BCUT2D eigenvalue weighted by atomic mass is 10.1. The summed E-state index contributed by atoms with van der Waals surface area (Å²) in [5, 5.41) is 5.87. The fourth-order valence-electron chi connectivity index (χ4n) is 1.69. The molecule has 1 fully saturated rings. The smallest absolute Gasteiger partial charge is 0.207 e. The molecule has 0 aliphatic carbocycles. The molecule has 6 heteroatoms. The molecule has 22 heavy (non-hydrogen) atoms. The quantitative estimate of drug-likeness (QED) is 0.810. The van der Waals surface area contributed by atoms with Crippen molar-refractivity contribution in [1.82, 2.24) is 10.6 Å². The molecule has 1 aliphatic rings. The van der Waals surface area contributed by atoms with Crippen LogP contribution in [0.25, 0.3) is 0 Å². The molecule has 2 N–H and O–H groups in total. The average molecular weight is 331 g/mol. The first-order chi connectivity index (χ1) is 10.0. The van der Waals surface area contributed by atoms with Crippen LogP contribution in [0.2, 0.25) is 0 Å². The molecule has 1 aliphatic heterocycles. The van der Waals surface area contributed by atoms with Gasteiger partial charge >= 0.3 is 0 Å². The second kappa shape index (κ2) is 11.3. The number of para-hydroxylation sites is 1. The van der Waals surface area contributed by atoms with Gasteiger partial charge in [-0.3, -0.25) is 4.79 Å². The van der Waals surface area contributed by atoms with E-state index in [2.05, 4.69) is 10.6 Å². The molecule has 0 aromatic heterocycles. The van der Waals surface area contributed by atoms with Gasteiger partial charge in [-0.25, -0.2) is 0 Å². The van der Waals surface area contributed by atoms with Crippen LogP contribution >= 0.6 is 12.4 Å². The van der Waals surface area contributed by atoms with Gasteiger partial charge in [-0.15, -0.1) is 12.4 Å². The Morgan fingerprint density at radius 2 is 1.95 bits per heavy atom. The Hall–Kier alpha value is -1.30. The maximum Gasteiger partial charge on any atom is 0.207 e. The number of ether oxygens (including phenoxy) is 2. The van der Waals surface area contributed by atoms with Crippen molar-refractivity contribution in [2.75, 3.05) is 32.9 Å². The van der Waals surface area contributed by atoms with Gasteiger partial charge in [0.05, 0.1) is 18.8 Å². The number of nitrogens with one attached hydrogen (secondary N) is 2. The van der Waals surface area contributed by atoms with Gasteiger partial charge in [0.15, 0.2) is 0 Å². The summed E-state index contributed by atoms with van der Waals surface area (Å²) in [7, 11) is 0. The van der Waals surface area contributed by atoms with E-state index >= 15 is 0 Å². The summed E-state index contributed by atoms with van der Waals surface area (Å²) in [6.07, 6.45) is 0.696. The Labute approximate surface area is 139 Å². The Morgan fingerprint density at radius 1 is 1.32 bits per heavy atom. The van der Waals surface area contributed by atoms with Gasteiger partial charge in [0.2, 0.25) is 6.41 Å². The van der Waals surface area contributed by atoms with Crippen molar-refractivity contribution in [3.8, 4) is 5.75 Å². The van der Waals surface area contributed by atoms with E-state index in [1.165, 1.54) is 0 Å². The van der Waals surface area contributed by atoms with Gasteiger partial charge < -0.3 is 20.1 Å². The van der Waals surface area contributed by atoms with Crippen LogP contribution in [-0.2, 0) is 9.53 Å². The molecule has 2 rings (SSSR count). The number of rotatable bonds is 5. The first-order valence-electron chi connectivity index (χ1n) is 7.23. The third-order valence-corrected chi connectivity index (χ3v) is 2.98. The summed E-state index contributed by atoms with van der Waals surface area (Å²) in [5.41, 5.74) is 0.753. The molecule has 0 radical (unpaired) electrons. The SMILES string of the molecule is C1COCCN1.Cc1ccccc1OCC(C)(C)NC=O.Cl. The molecule has 1 aromatic rings. The second-order valence-electron chi connectivity index (χ2n) is 5.56. The number of halogens is 1. The zero-order valence-corrected chi connectivity index (χ0v) is 14.4. The standard InChI is InChI=1S/C12H17NO2.C4H9NO.ClH/c1-10-6-4-5-7-11(10)15-8-12(2,3)13-9-14;1-3-6-4-2-5-1;/h4-7,9H,8H2,1-3H3,(H,13,14);5H,1-4H2;1H. The number of benzene rings is 1. The molecule has 1 heterocycles. The zero-order chi connectivity index (χ0) is 15.6. The van der Waals surface area contributed by atoms with Crippen molar-refractivity contribution >= 4 is 18.8 Å². The van der Waals surface area contributed by atoms with Crippen molar-refractivity contribution in [1.29, 1.82) is 0 Å². The maximum atomic E-state index is 10.3. The summed E-state index contributed by atoms with van der Waals surface area (Å²) in [5.74, 6) is 0.860. The van der Waals surface area contributed by atoms with Crippen LogP contribution < -0.4 is 15.4 Å². The van der Waals surface area contributed by atoms with Crippen LogP contribution in [0.1, 0.15) is 19.4 Å². The highest BCUT2D eigenvalue weighted by Crippen LogP contribution is 2.17. The third kappa shape index (κ3) is 8.87. The summed E-state index contributed by atoms with van der Waals surface area (Å²) in [6.45, 7) is 10.1. The predicted octanol–water partition coefficient (Wildman–Crippen LogP) is 1.93. The first-order valence-corrected chi connectivity index (χ1v) is 7.23. The van der Waals surface area contributed by atoms with Crippen molar-refractivity contribution in [3.63, 3.8) is 0 Å². The maximum absolute atomic E-state index is 10.3. The van der Waals surface area contributed by atoms with Crippen LogP contribution in [0.4, 0.5) is 0 Å². The van der Waals surface area contributed by atoms with Gasteiger partial charge in [-0.05, 0) is 32.4 Å². The van der Waals surface area contributed by atoms with Crippen molar-refractivity contribution < 1.29 is 14.3 Å². The molecule has 1 amide bonds. The summed E-state index contributed by atoms with van der Waals surface area (Å²) in [4.78, 5) is 10.3. The minimum atomic E-state index is -0.343. The number of carbonyl (C=O) groups excluding carboxylic acids is 1. The van der Waals surface area contributed by atoms with Gasteiger partial charge in [0.1, 0.15) is 12.4 Å². The molecular formula is C16H27ClN2O3. The van der Waals surface area contributed by atoms with Crippen molar-refractivity contribution in [2.45, 2.75) is 26.3 Å². The highest BCUT2D eigenvalue weighted by atomic mass is 35.5. The van der Waals surface area contributed by atoms with Gasteiger partial charge in [0.25, 0.3) is 0 Å². The molecule has 0 atom stereocenters. The Bertz CT molecular complexity index is 412. The third-order valence-electron chi connectivity index (χ3n) is 2.98. The lowest BCUT2D eigenvalue weighted by Crippen LogP contribution is -2.43. The lowest BCUT2D eigenvalue weighted by Gasteiger charge is -2.24. The van der Waals surface area contributed by atoms with Crippen molar-refractivity contribution in [2.24, 2.45) is 0 Å². The monoisotopic (exact) mass is 330 g/mol. The highest BCUT2D eigenvalue weighted by molar-refractivity contribution is 5.85. The van der Waals surface area contributed by atoms with E-state index < -0.39 is 0 Å². The Morgan fingerprint density at radius 3 is 2.41 bits per heavy atom. The van der Waals surface area contributed by atoms with Gasteiger partial charge in [-0.2, -0.15) is 0 Å². The number of morpholine rings is 1. The van der Waals surface area contributed by atoms with E-state index in [0.29, 0.717) is 13.0 Å². The average Bonchev–Trinajstić information content (AvgIpc) is 2.49. The van der Waals surface area contributed by atoms with Crippen molar-refractivity contribution in [3.05, 3.63) is 29.8 Å². The van der Waals surface area contributed by atoms with Gasteiger partial charge in [-0.1, -0.05) is 18.2 Å². The molecule has 126 valence electrons. The van der Waals surface area contributed by atoms with Gasteiger partial charge in [0, 0.05) is 13.1 Å². The Balaban J connectivity index is 0.000000529. The second-order valence-corrected chi connectivity index (χ2v) is 5.56. The normalized spacial score (nSPS) is 14.0. The molecular weight excluding hydrogens is 304 g/mol. The minimum Gasteiger partial charge on any atom is -0.491 e. The number of hydrogen-bond donors (Lipinski definition) is 2. The van der Waals surface area contributed by atoms with Crippen LogP contribution in [0.3, 0.4) is 0 Å². The molecule has 5 nitrogen and oxygen atoms in total. The van der Waals surface area contributed by atoms with E-state index in [1.54, 1.807) is 0 Å². The predicted molar refractivity (Wildman–Crippen MR) is 90.9 cm³/mol.